The van der Waals surface area contributed by atoms with Crippen LogP contribution in [0.2, 0.25) is 0 Å². The van der Waals surface area contributed by atoms with Gasteiger partial charge in [-0.25, -0.2) is 0 Å². The van der Waals surface area contributed by atoms with Crippen LogP contribution >= 0.6 is 0 Å². The molecule has 1 amide bonds. The number of amides is 1. The molecule has 1 N–H and O–H groups in total. The lowest BCUT2D eigenvalue weighted by Gasteiger charge is -2.08. The van der Waals surface area contributed by atoms with E-state index in [0.29, 0.717) is 19.1 Å². The van der Waals surface area contributed by atoms with Crippen LogP contribution in [-0.4, -0.2) is 24.0 Å². The summed E-state index contributed by atoms with van der Waals surface area (Å²) in [5.41, 5.74) is 0. The Morgan fingerprint density at radius 3 is 2.00 bits per heavy atom. The smallest absolute Gasteiger partial charge is 0.217 e. The number of hydrogen-bond donors (Lipinski definition) is 1. The molecule has 1 atom stereocenters. The summed E-state index contributed by atoms with van der Waals surface area (Å²) >= 11 is 0. The second-order valence-electron chi connectivity index (χ2n) is 2.68. The van der Waals surface area contributed by atoms with Gasteiger partial charge in [-0.2, -0.15) is 0 Å². The monoisotopic (exact) mass is 217 g/mol. The van der Waals surface area contributed by atoms with E-state index in [1.54, 1.807) is 0 Å². The third kappa shape index (κ3) is 15.6. The van der Waals surface area contributed by atoms with E-state index in [-0.39, 0.29) is 19.1 Å². The van der Waals surface area contributed by atoms with Gasteiger partial charge in [-0.15, -0.1) is 0 Å². The van der Waals surface area contributed by atoms with Crippen LogP contribution in [0.1, 0.15) is 48.0 Å². The number of hydrogen-bond acceptors (Lipinski definition) is 3. The number of rotatable bonds is 5. The summed E-state index contributed by atoms with van der Waals surface area (Å²) in [6, 6.07) is -0.522. The molecule has 0 aromatic rings. The van der Waals surface area contributed by atoms with Crippen LogP contribution in [0.25, 0.3) is 0 Å². The van der Waals surface area contributed by atoms with E-state index in [9.17, 15) is 14.4 Å². The fraction of sp³-hybridized carbons (Fsp3) is 0.727. The summed E-state index contributed by atoms with van der Waals surface area (Å²) in [5.74, 6) is -0.233. The molecule has 0 bridgehead atoms. The van der Waals surface area contributed by atoms with Crippen molar-refractivity contribution in [3.63, 3.8) is 0 Å². The fourth-order valence-electron chi connectivity index (χ4n) is 0.794. The average Bonchev–Trinajstić information content (AvgIpc) is 2.14. The summed E-state index contributed by atoms with van der Waals surface area (Å²) in [6.45, 7) is 6.79. The van der Waals surface area contributed by atoms with Gasteiger partial charge in [-0.3, -0.25) is 4.79 Å². The molecule has 0 aliphatic rings. The molecule has 0 fully saturated rings. The third-order valence-electron chi connectivity index (χ3n) is 1.36. The lowest BCUT2D eigenvalue weighted by molar-refractivity contribution is -0.123. The van der Waals surface area contributed by atoms with E-state index in [4.69, 9.17) is 0 Å². The summed E-state index contributed by atoms with van der Waals surface area (Å²) in [6.07, 6.45) is 1.35. The number of carbonyl (C=O) groups excluding carboxylic acids is 3. The molecule has 0 aromatic heterocycles. The quantitative estimate of drug-likeness (QED) is 0.713. The summed E-state index contributed by atoms with van der Waals surface area (Å²) in [5, 5.41) is 2.43. The molecule has 0 spiro atoms. The molecular weight excluding hydrogens is 194 g/mol. The van der Waals surface area contributed by atoms with Crippen molar-refractivity contribution in [3.8, 4) is 0 Å². The van der Waals surface area contributed by atoms with E-state index >= 15 is 0 Å². The van der Waals surface area contributed by atoms with Crippen molar-refractivity contribution >= 4 is 18.0 Å². The first-order valence-electron chi connectivity index (χ1n) is 4.78. The van der Waals surface area contributed by atoms with Crippen LogP contribution in [0.3, 0.4) is 0 Å². The minimum atomic E-state index is -0.522. The van der Waals surface area contributed by atoms with Crippen molar-refractivity contribution in [2.75, 3.05) is 0 Å². The minimum Gasteiger partial charge on any atom is -0.347 e. The normalized spacial score (nSPS) is 9.87. The van der Waals surface area contributed by atoms with Crippen molar-refractivity contribution in [3.05, 3.63) is 0 Å². The number of carbonyl (C=O) groups is 3. The molecule has 0 radical (unpaired) electrons. The Balaban J connectivity index is -0.000000449. The predicted molar refractivity (Wildman–Crippen MR) is 61.7 cm³/mol. The van der Waals surface area contributed by atoms with Gasteiger partial charge in [0.15, 0.2) is 0 Å². The SMILES string of the molecule is C.CC.CC(=O)CCC(C=O)NC(C)=O. The highest BCUT2D eigenvalue weighted by molar-refractivity contribution is 5.79. The van der Waals surface area contributed by atoms with Gasteiger partial charge in [-0.05, 0) is 13.3 Å². The molecule has 0 aromatic carbocycles. The lowest BCUT2D eigenvalue weighted by atomic mass is 10.1. The number of nitrogens with one attached hydrogen (secondary N) is 1. The van der Waals surface area contributed by atoms with Gasteiger partial charge in [-0.1, -0.05) is 21.3 Å². The molecule has 90 valence electrons. The summed E-state index contributed by atoms with van der Waals surface area (Å²) in [4.78, 5) is 31.4. The van der Waals surface area contributed by atoms with Gasteiger partial charge in [0.25, 0.3) is 0 Å². The number of aldehydes is 1. The largest absolute Gasteiger partial charge is 0.347 e. The average molecular weight is 217 g/mol. The molecule has 1 unspecified atom stereocenters. The Labute approximate surface area is 92.4 Å². The molecule has 0 saturated carbocycles. The van der Waals surface area contributed by atoms with Gasteiger partial charge in [0.2, 0.25) is 5.91 Å². The zero-order valence-electron chi connectivity index (χ0n) is 9.29. The Hall–Kier alpha value is -1.19. The maximum atomic E-state index is 10.5. The lowest BCUT2D eigenvalue weighted by Crippen LogP contribution is -2.34. The zero-order valence-corrected chi connectivity index (χ0v) is 9.29. The first-order valence-corrected chi connectivity index (χ1v) is 4.78. The standard InChI is InChI=1S/C8H13NO3.C2H6.CH4/c1-6(11)3-4-8(5-10)9-7(2)12;1-2;/h5,8H,3-4H2,1-2H3,(H,9,12);1-2H3;1H4. The van der Waals surface area contributed by atoms with Crippen LogP contribution in [0.15, 0.2) is 0 Å². The van der Waals surface area contributed by atoms with Crippen molar-refractivity contribution in [1.29, 1.82) is 0 Å². The van der Waals surface area contributed by atoms with Crippen LogP contribution in [-0.2, 0) is 14.4 Å². The van der Waals surface area contributed by atoms with Crippen molar-refractivity contribution in [2.45, 2.75) is 54.0 Å². The highest BCUT2D eigenvalue weighted by atomic mass is 16.2. The molecule has 0 rings (SSSR count). The van der Waals surface area contributed by atoms with Crippen molar-refractivity contribution in [1.82, 2.24) is 5.32 Å². The molecule has 4 heteroatoms. The Morgan fingerprint density at radius 2 is 1.73 bits per heavy atom. The van der Waals surface area contributed by atoms with Crippen LogP contribution < -0.4 is 5.32 Å². The molecule has 4 nitrogen and oxygen atoms in total. The molecule has 0 aliphatic carbocycles. The predicted octanol–water partition coefficient (Wildman–Crippen LogP) is 1.72. The fourth-order valence-corrected chi connectivity index (χ4v) is 0.794. The second-order valence-corrected chi connectivity index (χ2v) is 2.68. The van der Waals surface area contributed by atoms with Gasteiger partial charge in [0.1, 0.15) is 12.1 Å². The van der Waals surface area contributed by atoms with Crippen molar-refractivity contribution in [2.24, 2.45) is 0 Å². The van der Waals surface area contributed by atoms with E-state index < -0.39 is 6.04 Å². The van der Waals surface area contributed by atoms with Gasteiger partial charge in [0, 0.05) is 13.3 Å². The zero-order chi connectivity index (χ0) is 11.6. The van der Waals surface area contributed by atoms with Crippen LogP contribution in [0.5, 0.6) is 0 Å². The highest BCUT2D eigenvalue weighted by Crippen LogP contribution is 1.95. The Bertz CT molecular complexity index is 190. The maximum Gasteiger partial charge on any atom is 0.217 e. The van der Waals surface area contributed by atoms with Crippen molar-refractivity contribution < 1.29 is 14.4 Å². The summed E-state index contributed by atoms with van der Waals surface area (Å²) < 4.78 is 0. The van der Waals surface area contributed by atoms with Gasteiger partial charge >= 0.3 is 0 Å². The molecule has 0 saturated heterocycles. The highest BCUT2D eigenvalue weighted by Gasteiger charge is 2.08. The second kappa shape index (κ2) is 12.8. The van der Waals surface area contributed by atoms with E-state index in [0.717, 1.165) is 0 Å². The first kappa shape index (κ1) is 19.4. The number of Topliss-reactive ketones (excluding diaryl/α,β-unsaturated/α-hetero) is 1. The maximum absolute atomic E-state index is 10.5. The van der Waals surface area contributed by atoms with Gasteiger partial charge < -0.3 is 14.9 Å². The van der Waals surface area contributed by atoms with Crippen LogP contribution in [0.4, 0.5) is 0 Å². The summed E-state index contributed by atoms with van der Waals surface area (Å²) in [7, 11) is 0. The topological polar surface area (TPSA) is 63.2 Å². The first-order chi connectivity index (χ1) is 6.56. The molecule has 15 heavy (non-hydrogen) atoms. The Morgan fingerprint density at radius 1 is 1.27 bits per heavy atom. The van der Waals surface area contributed by atoms with Crippen LogP contribution in [0, 0.1) is 0 Å². The third-order valence-corrected chi connectivity index (χ3v) is 1.36. The van der Waals surface area contributed by atoms with E-state index in [2.05, 4.69) is 5.32 Å². The minimum absolute atomic E-state index is 0. The molecule has 0 aliphatic heterocycles. The van der Waals surface area contributed by atoms with E-state index in [1.807, 2.05) is 13.8 Å². The Kier molecular flexibility index (Phi) is 16.6. The molecular formula is C11H23NO3. The van der Waals surface area contributed by atoms with E-state index in [1.165, 1.54) is 13.8 Å². The van der Waals surface area contributed by atoms with Gasteiger partial charge in [0.05, 0.1) is 6.04 Å². The number of ketones is 1. The molecule has 0 heterocycles.